The highest BCUT2D eigenvalue weighted by atomic mass is 16.6. The third kappa shape index (κ3) is 5.72. The highest BCUT2D eigenvalue weighted by Gasteiger charge is 2.49. The van der Waals surface area contributed by atoms with E-state index in [4.69, 9.17) is 9.47 Å². The van der Waals surface area contributed by atoms with Gasteiger partial charge in [-0.05, 0) is 65.2 Å². The van der Waals surface area contributed by atoms with Gasteiger partial charge in [0.15, 0.2) is 0 Å². The molecule has 2 unspecified atom stereocenters. The van der Waals surface area contributed by atoms with Gasteiger partial charge in [-0.15, -0.1) is 0 Å². The van der Waals surface area contributed by atoms with Gasteiger partial charge in [0.05, 0.1) is 11.3 Å². The van der Waals surface area contributed by atoms with Gasteiger partial charge in [-0.2, -0.15) is 0 Å². The van der Waals surface area contributed by atoms with Gasteiger partial charge >= 0.3 is 11.9 Å². The highest BCUT2D eigenvalue weighted by Crippen LogP contribution is 2.45. The van der Waals surface area contributed by atoms with Crippen LogP contribution >= 0.6 is 0 Å². The van der Waals surface area contributed by atoms with Crippen molar-refractivity contribution in [1.29, 1.82) is 0 Å². The maximum atomic E-state index is 13.0. The van der Waals surface area contributed by atoms with Crippen molar-refractivity contribution in [2.24, 2.45) is 29.1 Å². The molecule has 0 amide bonds. The normalized spacial score (nSPS) is 21.9. The van der Waals surface area contributed by atoms with Crippen molar-refractivity contribution >= 4 is 11.9 Å². The van der Waals surface area contributed by atoms with Crippen LogP contribution in [0.3, 0.4) is 0 Å². The third-order valence-electron chi connectivity index (χ3n) is 5.24. The van der Waals surface area contributed by atoms with E-state index in [1.807, 2.05) is 34.6 Å². The fourth-order valence-corrected chi connectivity index (χ4v) is 3.95. The maximum Gasteiger partial charge on any atom is 0.312 e. The summed E-state index contributed by atoms with van der Waals surface area (Å²) in [7, 11) is 0. The molecule has 0 aliphatic heterocycles. The first-order valence-corrected chi connectivity index (χ1v) is 9.71. The van der Waals surface area contributed by atoms with Crippen molar-refractivity contribution in [3.63, 3.8) is 0 Å². The second kappa shape index (κ2) is 8.09. The molecular formula is C21H38O4. The minimum Gasteiger partial charge on any atom is -0.461 e. The number of carbonyl (C=O) groups is 2. The molecule has 1 aliphatic rings. The lowest BCUT2D eigenvalue weighted by atomic mass is 9.73. The fraction of sp³-hybridized carbons (Fsp3) is 0.905. The summed E-state index contributed by atoms with van der Waals surface area (Å²) >= 11 is 0. The molecule has 0 saturated heterocycles. The van der Waals surface area contributed by atoms with E-state index in [9.17, 15) is 9.59 Å². The summed E-state index contributed by atoms with van der Waals surface area (Å²) in [6.45, 7) is 17.8. The molecule has 0 aromatic carbocycles. The van der Waals surface area contributed by atoms with Crippen LogP contribution in [0.5, 0.6) is 0 Å². The predicted octanol–water partition coefficient (Wildman–Crippen LogP) is 4.99. The Kier molecular flexibility index (Phi) is 7.12. The smallest absolute Gasteiger partial charge is 0.312 e. The summed E-state index contributed by atoms with van der Waals surface area (Å²) in [5.41, 5.74) is -1.20. The standard InChI is InChI=1S/C21H38O4/c1-13(2)17(14(3)4)24-19(23)21(8,9)16-12-10-11-15(16)18(22)25-20(5,6)7/h13-17H,10-12H2,1-9H3. The van der Waals surface area contributed by atoms with Crippen LogP contribution in [-0.4, -0.2) is 23.6 Å². The van der Waals surface area contributed by atoms with Crippen molar-refractivity contribution in [1.82, 2.24) is 0 Å². The van der Waals surface area contributed by atoms with Crippen LogP contribution in [0.2, 0.25) is 0 Å². The van der Waals surface area contributed by atoms with Crippen LogP contribution in [0.25, 0.3) is 0 Å². The van der Waals surface area contributed by atoms with Crippen LogP contribution in [0.1, 0.15) is 81.6 Å². The molecule has 1 rings (SSSR count). The van der Waals surface area contributed by atoms with Gasteiger partial charge in [-0.1, -0.05) is 34.1 Å². The third-order valence-corrected chi connectivity index (χ3v) is 5.24. The first kappa shape index (κ1) is 22.0. The second-order valence-corrected chi connectivity index (χ2v) is 9.76. The summed E-state index contributed by atoms with van der Waals surface area (Å²) < 4.78 is 11.5. The SMILES string of the molecule is CC(C)C(OC(=O)C(C)(C)C1CCCC1C(=O)OC(C)(C)C)C(C)C. The Bertz CT molecular complexity index is 463. The van der Waals surface area contributed by atoms with Crippen LogP contribution < -0.4 is 0 Å². The fourth-order valence-electron chi connectivity index (χ4n) is 3.95. The zero-order valence-electron chi connectivity index (χ0n) is 17.6. The van der Waals surface area contributed by atoms with E-state index in [2.05, 4.69) is 27.7 Å². The second-order valence-electron chi connectivity index (χ2n) is 9.76. The summed E-state index contributed by atoms with van der Waals surface area (Å²) in [6, 6.07) is 0. The minimum atomic E-state index is -0.694. The number of hydrogen-bond donors (Lipinski definition) is 0. The zero-order valence-corrected chi connectivity index (χ0v) is 17.6. The van der Waals surface area contributed by atoms with E-state index in [1.54, 1.807) is 0 Å². The number of carbonyl (C=O) groups excluding carboxylic acids is 2. The Hall–Kier alpha value is -1.06. The molecule has 146 valence electrons. The van der Waals surface area contributed by atoms with E-state index in [0.29, 0.717) is 0 Å². The molecule has 0 radical (unpaired) electrons. The lowest BCUT2D eigenvalue weighted by Gasteiger charge is -2.36. The summed E-state index contributed by atoms with van der Waals surface area (Å²) in [5.74, 6) is -0.0939. The molecule has 0 aromatic heterocycles. The molecule has 1 aliphatic carbocycles. The Labute approximate surface area is 154 Å². The Morgan fingerprint density at radius 1 is 0.920 bits per heavy atom. The summed E-state index contributed by atoms with van der Waals surface area (Å²) in [4.78, 5) is 25.6. The molecule has 4 nitrogen and oxygen atoms in total. The summed E-state index contributed by atoms with van der Waals surface area (Å²) in [6.07, 6.45) is 2.49. The van der Waals surface area contributed by atoms with E-state index >= 15 is 0 Å². The molecule has 0 N–H and O–H groups in total. The molecule has 4 heteroatoms. The zero-order chi connectivity index (χ0) is 19.6. The van der Waals surface area contributed by atoms with E-state index in [-0.39, 0.29) is 41.7 Å². The minimum absolute atomic E-state index is 0.0326. The van der Waals surface area contributed by atoms with Crippen molar-refractivity contribution in [2.45, 2.75) is 93.3 Å². The van der Waals surface area contributed by atoms with Crippen LogP contribution in [0.4, 0.5) is 0 Å². The molecule has 0 bridgehead atoms. The Balaban J connectivity index is 2.91. The quantitative estimate of drug-likeness (QED) is 0.630. The van der Waals surface area contributed by atoms with Crippen LogP contribution in [0, 0.1) is 29.1 Å². The monoisotopic (exact) mass is 354 g/mol. The lowest BCUT2D eigenvalue weighted by molar-refractivity contribution is -0.173. The van der Waals surface area contributed by atoms with E-state index < -0.39 is 11.0 Å². The Morgan fingerprint density at radius 2 is 1.44 bits per heavy atom. The molecule has 1 fully saturated rings. The van der Waals surface area contributed by atoms with E-state index in [1.165, 1.54) is 0 Å². The number of ether oxygens (including phenoxy) is 2. The van der Waals surface area contributed by atoms with Crippen LogP contribution in [-0.2, 0) is 19.1 Å². The van der Waals surface area contributed by atoms with Gasteiger partial charge in [-0.25, -0.2) is 0 Å². The van der Waals surface area contributed by atoms with Crippen molar-refractivity contribution in [3.05, 3.63) is 0 Å². The molecule has 0 aromatic rings. The van der Waals surface area contributed by atoms with Gasteiger partial charge < -0.3 is 9.47 Å². The Morgan fingerprint density at radius 3 is 1.88 bits per heavy atom. The van der Waals surface area contributed by atoms with Crippen molar-refractivity contribution in [2.75, 3.05) is 0 Å². The van der Waals surface area contributed by atoms with Crippen molar-refractivity contribution < 1.29 is 19.1 Å². The average molecular weight is 355 g/mol. The first-order valence-electron chi connectivity index (χ1n) is 9.71. The number of hydrogen-bond acceptors (Lipinski definition) is 4. The number of esters is 2. The lowest BCUT2D eigenvalue weighted by Crippen LogP contribution is -2.43. The number of rotatable bonds is 6. The highest BCUT2D eigenvalue weighted by molar-refractivity contribution is 5.79. The largest absolute Gasteiger partial charge is 0.461 e. The molecule has 2 atom stereocenters. The van der Waals surface area contributed by atoms with Gasteiger partial charge in [0.1, 0.15) is 11.7 Å². The van der Waals surface area contributed by atoms with Crippen molar-refractivity contribution in [3.8, 4) is 0 Å². The molecule has 1 saturated carbocycles. The average Bonchev–Trinajstić information content (AvgIpc) is 2.91. The van der Waals surface area contributed by atoms with Gasteiger partial charge in [-0.3, -0.25) is 9.59 Å². The van der Waals surface area contributed by atoms with Gasteiger partial charge in [0.25, 0.3) is 0 Å². The molecular weight excluding hydrogens is 316 g/mol. The predicted molar refractivity (Wildman–Crippen MR) is 100 cm³/mol. The first-order chi connectivity index (χ1) is 11.3. The summed E-state index contributed by atoms with van der Waals surface area (Å²) in [5, 5.41) is 0. The van der Waals surface area contributed by atoms with Gasteiger partial charge in [0, 0.05) is 0 Å². The van der Waals surface area contributed by atoms with E-state index in [0.717, 1.165) is 19.3 Å². The van der Waals surface area contributed by atoms with Gasteiger partial charge in [0.2, 0.25) is 0 Å². The maximum absolute atomic E-state index is 13.0. The van der Waals surface area contributed by atoms with Crippen LogP contribution in [0.15, 0.2) is 0 Å². The molecule has 25 heavy (non-hydrogen) atoms. The molecule has 0 heterocycles. The topological polar surface area (TPSA) is 52.6 Å². The molecule has 0 spiro atoms.